The summed E-state index contributed by atoms with van der Waals surface area (Å²) in [7, 11) is 3.16. The van der Waals surface area contributed by atoms with Gasteiger partial charge in [-0.05, 0) is 37.1 Å². The topological polar surface area (TPSA) is 84.6 Å². The number of benzene rings is 1. The lowest BCUT2D eigenvalue weighted by Crippen LogP contribution is -2.00. The summed E-state index contributed by atoms with van der Waals surface area (Å²) in [5.74, 6) is -0.644. The summed E-state index contributed by atoms with van der Waals surface area (Å²) in [6.07, 6.45) is 0. The van der Waals surface area contributed by atoms with Gasteiger partial charge in [-0.2, -0.15) is 5.10 Å². The molecule has 0 bridgehead atoms. The highest BCUT2D eigenvalue weighted by molar-refractivity contribution is 5.87. The molecule has 20 heavy (non-hydrogen) atoms. The number of phenolic OH excluding ortho intramolecular Hbond substituents is 1. The molecule has 1 aromatic heterocycles. The van der Waals surface area contributed by atoms with Gasteiger partial charge in [-0.1, -0.05) is 0 Å². The molecule has 6 nitrogen and oxygen atoms in total. The summed E-state index contributed by atoms with van der Waals surface area (Å²) in [5, 5.41) is 22.9. The molecule has 0 amide bonds. The molecule has 0 saturated carbocycles. The van der Waals surface area contributed by atoms with Crippen molar-refractivity contribution in [1.29, 1.82) is 0 Å². The Morgan fingerprint density at radius 1 is 1.30 bits per heavy atom. The van der Waals surface area contributed by atoms with E-state index in [9.17, 15) is 9.90 Å². The number of aryl methyl sites for hydroxylation is 1. The second-order valence-electron chi connectivity index (χ2n) is 4.57. The molecule has 0 radical (unpaired) electrons. The van der Waals surface area contributed by atoms with E-state index in [1.807, 2.05) is 13.8 Å². The summed E-state index contributed by atoms with van der Waals surface area (Å²) in [4.78, 5) is 11.0. The van der Waals surface area contributed by atoms with Gasteiger partial charge in [0.15, 0.2) is 17.2 Å². The zero-order valence-corrected chi connectivity index (χ0v) is 11.8. The van der Waals surface area contributed by atoms with E-state index >= 15 is 0 Å². The van der Waals surface area contributed by atoms with Crippen molar-refractivity contribution in [3.05, 3.63) is 29.0 Å². The minimum absolute atomic E-state index is 0.0173. The maximum Gasteiger partial charge on any atom is 0.356 e. The van der Waals surface area contributed by atoms with Crippen LogP contribution in [0.2, 0.25) is 0 Å². The molecule has 0 aliphatic heterocycles. The van der Waals surface area contributed by atoms with Crippen LogP contribution in [0.4, 0.5) is 0 Å². The first-order valence-corrected chi connectivity index (χ1v) is 6.01. The van der Waals surface area contributed by atoms with Gasteiger partial charge in [-0.3, -0.25) is 4.68 Å². The number of aromatic carboxylic acids is 1. The van der Waals surface area contributed by atoms with Crippen molar-refractivity contribution in [2.45, 2.75) is 13.8 Å². The molecule has 0 aliphatic rings. The Kier molecular flexibility index (Phi) is 3.40. The predicted octanol–water partition coefficient (Wildman–Crippen LogP) is 2.12. The maximum atomic E-state index is 11.0. The van der Waals surface area contributed by atoms with Gasteiger partial charge in [-0.15, -0.1) is 0 Å². The van der Waals surface area contributed by atoms with E-state index in [2.05, 4.69) is 5.10 Å². The van der Waals surface area contributed by atoms with Crippen LogP contribution in [0.3, 0.4) is 0 Å². The van der Waals surface area contributed by atoms with E-state index in [0.29, 0.717) is 11.4 Å². The molecular formula is C14H16N2O4. The smallest absolute Gasteiger partial charge is 0.356 e. The average Bonchev–Trinajstić information content (AvgIpc) is 2.77. The van der Waals surface area contributed by atoms with E-state index in [1.165, 1.54) is 17.9 Å². The SMILES string of the molecule is COc1c(O)cc(-c2cc(C(=O)O)nn2C)c(C)c1C. The molecule has 0 aliphatic carbocycles. The quantitative estimate of drug-likeness (QED) is 0.897. The number of methoxy groups -OCH3 is 1. The predicted molar refractivity (Wildman–Crippen MR) is 73.3 cm³/mol. The number of aromatic hydroxyl groups is 1. The molecule has 0 atom stereocenters. The zero-order chi connectivity index (χ0) is 15.0. The van der Waals surface area contributed by atoms with Crippen LogP contribution in [0.25, 0.3) is 11.3 Å². The molecule has 0 unspecified atom stereocenters. The highest BCUT2D eigenvalue weighted by atomic mass is 16.5. The number of nitrogens with zero attached hydrogens (tertiary/aromatic N) is 2. The first-order chi connectivity index (χ1) is 9.36. The third kappa shape index (κ3) is 2.09. The highest BCUT2D eigenvalue weighted by Gasteiger charge is 2.18. The number of carboxylic acids is 1. The number of phenols is 1. The van der Waals surface area contributed by atoms with Crippen molar-refractivity contribution in [2.75, 3.05) is 7.11 Å². The van der Waals surface area contributed by atoms with E-state index < -0.39 is 5.97 Å². The number of aromatic nitrogens is 2. The molecule has 0 fully saturated rings. The molecule has 6 heteroatoms. The number of hydrogen-bond acceptors (Lipinski definition) is 4. The number of ether oxygens (including phenoxy) is 1. The Hall–Kier alpha value is -2.50. The Bertz CT molecular complexity index is 689. The normalized spacial score (nSPS) is 10.6. The number of hydrogen-bond donors (Lipinski definition) is 2. The van der Waals surface area contributed by atoms with E-state index in [4.69, 9.17) is 9.84 Å². The second-order valence-corrected chi connectivity index (χ2v) is 4.57. The summed E-state index contributed by atoms with van der Waals surface area (Å²) in [6.45, 7) is 3.73. The third-order valence-corrected chi connectivity index (χ3v) is 3.40. The summed E-state index contributed by atoms with van der Waals surface area (Å²) >= 11 is 0. The Morgan fingerprint density at radius 3 is 2.45 bits per heavy atom. The standard InChI is InChI=1S/C14H16N2O4/c1-7-8(2)13(20-4)12(17)5-9(7)11-6-10(14(18)19)15-16(11)3/h5-6,17H,1-4H3,(H,18,19). The van der Waals surface area contributed by atoms with Crippen molar-refractivity contribution < 1.29 is 19.7 Å². The Labute approximate surface area is 116 Å². The first-order valence-electron chi connectivity index (χ1n) is 6.01. The first kappa shape index (κ1) is 13.9. The molecule has 1 aromatic carbocycles. The Morgan fingerprint density at radius 2 is 1.95 bits per heavy atom. The van der Waals surface area contributed by atoms with E-state index in [-0.39, 0.29) is 11.4 Å². The summed E-state index contributed by atoms with van der Waals surface area (Å²) in [5.41, 5.74) is 3.03. The van der Waals surface area contributed by atoms with Gasteiger partial charge in [0.05, 0.1) is 12.8 Å². The van der Waals surface area contributed by atoms with Crippen LogP contribution in [0.1, 0.15) is 21.6 Å². The van der Waals surface area contributed by atoms with Gasteiger partial charge in [-0.25, -0.2) is 4.79 Å². The lowest BCUT2D eigenvalue weighted by atomic mass is 9.99. The van der Waals surface area contributed by atoms with Crippen LogP contribution in [0.15, 0.2) is 12.1 Å². The summed E-state index contributed by atoms with van der Waals surface area (Å²) in [6, 6.07) is 3.04. The van der Waals surface area contributed by atoms with Crippen molar-refractivity contribution in [3.8, 4) is 22.8 Å². The fourth-order valence-corrected chi connectivity index (χ4v) is 2.22. The summed E-state index contributed by atoms with van der Waals surface area (Å²) < 4.78 is 6.64. The molecule has 2 aromatic rings. The fraction of sp³-hybridized carbons (Fsp3) is 0.286. The highest BCUT2D eigenvalue weighted by Crippen LogP contribution is 2.38. The maximum absolute atomic E-state index is 11.0. The molecular weight excluding hydrogens is 260 g/mol. The van der Waals surface area contributed by atoms with Gasteiger partial charge in [0.25, 0.3) is 0 Å². The van der Waals surface area contributed by atoms with Crippen molar-refractivity contribution in [3.63, 3.8) is 0 Å². The van der Waals surface area contributed by atoms with Crippen molar-refractivity contribution in [1.82, 2.24) is 9.78 Å². The van der Waals surface area contributed by atoms with Crippen molar-refractivity contribution >= 4 is 5.97 Å². The van der Waals surface area contributed by atoms with Gasteiger partial charge in [0.1, 0.15) is 0 Å². The minimum Gasteiger partial charge on any atom is -0.504 e. The largest absolute Gasteiger partial charge is 0.504 e. The van der Waals surface area contributed by atoms with Gasteiger partial charge < -0.3 is 14.9 Å². The van der Waals surface area contributed by atoms with Crippen LogP contribution >= 0.6 is 0 Å². The second kappa shape index (κ2) is 4.88. The minimum atomic E-state index is -1.08. The molecule has 106 valence electrons. The molecule has 0 spiro atoms. The molecule has 2 rings (SSSR count). The fourth-order valence-electron chi connectivity index (χ4n) is 2.22. The van der Waals surface area contributed by atoms with Gasteiger partial charge in [0.2, 0.25) is 0 Å². The zero-order valence-electron chi connectivity index (χ0n) is 11.8. The van der Waals surface area contributed by atoms with E-state index in [0.717, 1.165) is 16.7 Å². The lowest BCUT2D eigenvalue weighted by Gasteiger charge is -2.14. The van der Waals surface area contributed by atoms with Gasteiger partial charge >= 0.3 is 5.97 Å². The van der Waals surface area contributed by atoms with Crippen LogP contribution < -0.4 is 4.74 Å². The number of carbonyl (C=O) groups is 1. The van der Waals surface area contributed by atoms with Crippen LogP contribution in [-0.2, 0) is 7.05 Å². The molecule has 0 saturated heterocycles. The van der Waals surface area contributed by atoms with Gasteiger partial charge in [0, 0.05) is 12.6 Å². The Balaban J connectivity index is 2.67. The van der Waals surface area contributed by atoms with Crippen molar-refractivity contribution in [2.24, 2.45) is 7.05 Å². The van der Waals surface area contributed by atoms with Crippen LogP contribution in [0.5, 0.6) is 11.5 Å². The lowest BCUT2D eigenvalue weighted by molar-refractivity contribution is 0.0689. The number of carboxylic acid groups (broad SMARTS) is 1. The molecule has 1 heterocycles. The molecule has 2 N–H and O–H groups in total. The van der Waals surface area contributed by atoms with E-state index in [1.54, 1.807) is 13.1 Å². The van der Waals surface area contributed by atoms with Crippen LogP contribution in [-0.4, -0.2) is 33.1 Å². The number of rotatable bonds is 3. The monoisotopic (exact) mass is 276 g/mol. The van der Waals surface area contributed by atoms with Crippen LogP contribution in [0, 0.1) is 13.8 Å². The average molecular weight is 276 g/mol. The third-order valence-electron chi connectivity index (χ3n) is 3.40.